The lowest BCUT2D eigenvalue weighted by molar-refractivity contribution is -0.128. The molecule has 0 radical (unpaired) electrons. The zero-order valence-electron chi connectivity index (χ0n) is 13.5. The molecule has 2 atom stereocenters. The van der Waals surface area contributed by atoms with E-state index in [0.29, 0.717) is 25.4 Å². The number of hydrogen-bond donors (Lipinski definition) is 0. The average Bonchev–Trinajstić information content (AvgIpc) is 2.60. The van der Waals surface area contributed by atoms with E-state index in [1.807, 2.05) is 12.1 Å². The van der Waals surface area contributed by atoms with Crippen molar-refractivity contribution in [1.29, 1.82) is 0 Å². The minimum atomic E-state index is -3.18. The first kappa shape index (κ1) is 16.7. The van der Waals surface area contributed by atoms with Gasteiger partial charge in [-0.25, -0.2) is 12.7 Å². The van der Waals surface area contributed by atoms with Crippen molar-refractivity contribution in [1.82, 2.24) is 9.29 Å². The number of nitrogens with zero attached hydrogens (tertiary/aromatic N) is 2. The van der Waals surface area contributed by atoms with E-state index in [1.165, 1.54) is 0 Å². The molecule has 2 fully saturated rings. The van der Waals surface area contributed by atoms with Crippen LogP contribution in [0.25, 0.3) is 0 Å². The molecule has 0 spiro atoms. The van der Waals surface area contributed by atoms with Crippen molar-refractivity contribution in [3.8, 4) is 5.75 Å². The third-order valence-corrected chi connectivity index (χ3v) is 6.70. The van der Waals surface area contributed by atoms with Gasteiger partial charge in [-0.2, -0.15) is 0 Å². The number of ether oxygens (including phenoxy) is 2. The number of rotatable bonds is 5. The van der Waals surface area contributed by atoms with Gasteiger partial charge in [0.15, 0.2) is 0 Å². The zero-order valence-corrected chi connectivity index (χ0v) is 14.3. The first-order valence-corrected chi connectivity index (χ1v) is 9.79. The third kappa shape index (κ3) is 3.51. The summed E-state index contributed by atoms with van der Waals surface area (Å²) in [5.74, 6) is 0.847. The highest BCUT2D eigenvalue weighted by molar-refractivity contribution is 7.89. The summed E-state index contributed by atoms with van der Waals surface area (Å²) < 4.78 is 38.1. The summed E-state index contributed by atoms with van der Waals surface area (Å²) in [6.45, 7) is 3.92. The van der Waals surface area contributed by atoms with Crippen molar-refractivity contribution in [3.05, 3.63) is 24.5 Å². The van der Waals surface area contributed by atoms with Crippen molar-refractivity contribution >= 4 is 10.0 Å². The molecular formula is C16H24N2O4S. The van der Waals surface area contributed by atoms with Gasteiger partial charge in [-0.05, 0) is 38.3 Å². The van der Waals surface area contributed by atoms with Crippen LogP contribution in [0.3, 0.4) is 0 Å². The summed E-state index contributed by atoms with van der Waals surface area (Å²) in [5.41, 5.74) is -0.269. The second-order valence-electron chi connectivity index (χ2n) is 6.33. The number of piperidine rings is 1. The van der Waals surface area contributed by atoms with E-state index in [4.69, 9.17) is 9.47 Å². The molecular weight excluding hydrogens is 316 g/mol. The number of sulfonamides is 1. The van der Waals surface area contributed by atoms with E-state index in [1.54, 1.807) is 23.6 Å². The maximum absolute atomic E-state index is 12.3. The molecule has 128 valence electrons. The highest BCUT2D eigenvalue weighted by Gasteiger charge is 2.48. The van der Waals surface area contributed by atoms with E-state index in [0.717, 1.165) is 25.9 Å². The van der Waals surface area contributed by atoms with E-state index >= 15 is 0 Å². The van der Waals surface area contributed by atoms with Gasteiger partial charge in [0.05, 0.1) is 24.7 Å². The van der Waals surface area contributed by atoms with Crippen molar-refractivity contribution in [2.45, 2.75) is 32.3 Å². The molecule has 0 aromatic carbocycles. The minimum absolute atomic E-state index is 0.0660. The number of aromatic nitrogens is 1. The molecule has 2 aliphatic heterocycles. The molecule has 1 aromatic heterocycles. The molecule has 0 bridgehead atoms. The standard InChI is InChI=1S/C16H24N2O4S/c1-2-23(19,20)18-9-6-15-16(12-18,7-4-10-21-15)13-22-14-5-3-8-17-11-14/h3,5,8,11,15H,2,4,6-7,9-10,12-13H2,1H3. The van der Waals surface area contributed by atoms with E-state index in [2.05, 4.69) is 4.98 Å². The maximum atomic E-state index is 12.3. The van der Waals surface area contributed by atoms with Crippen LogP contribution in [0.15, 0.2) is 24.5 Å². The average molecular weight is 340 g/mol. The van der Waals surface area contributed by atoms with Crippen LogP contribution in [0.1, 0.15) is 26.2 Å². The summed E-state index contributed by atoms with van der Waals surface area (Å²) in [7, 11) is -3.18. The van der Waals surface area contributed by atoms with E-state index < -0.39 is 10.0 Å². The lowest BCUT2D eigenvalue weighted by Crippen LogP contribution is -2.58. The second-order valence-corrected chi connectivity index (χ2v) is 8.58. The van der Waals surface area contributed by atoms with Gasteiger partial charge in [0.1, 0.15) is 5.75 Å². The van der Waals surface area contributed by atoms with Crippen LogP contribution in [0, 0.1) is 5.41 Å². The number of hydrogen-bond acceptors (Lipinski definition) is 5. The topological polar surface area (TPSA) is 68.7 Å². The van der Waals surface area contributed by atoms with Crippen molar-refractivity contribution in [2.24, 2.45) is 5.41 Å². The molecule has 0 amide bonds. The minimum Gasteiger partial charge on any atom is -0.491 e. The van der Waals surface area contributed by atoms with Gasteiger partial charge >= 0.3 is 0 Å². The highest BCUT2D eigenvalue weighted by Crippen LogP contribution is 2.41. The van der Waals surface area contributed by atoms with Crippen molar-refractivity contribution in [3.63, 3.8) is 0 Å². The fourth-order valence-corrected chi connectivity index (χ4v) is 4.74. The van der Waals surface area contributed by atoms with Gasteiger partial charge in [-0.1, -0.05) is 0 Å². The highest BCUT2D eigenvalue weighted by atomic mass is 32.2. The van der Waals surface area contributed by atoms with Crippen LogP contribution in [-0.4, -0.2) is 55.9 Å². The third-order valence-electron chi connectivity index (χ3n) is 4.87. The van der Waals surface area contributed by atoms with Crippen molar-refractivity contribution in [2.75, 3.05) is 32.1 Å². The number of pyridine rings is 1. The molecule has 2 unspecified atom stereocenters. The van der Waals surface area contributed by atoms with Crippen LogP contribution < -0.4 is 4.74 Å². The monoisotopic (exact) mass is 340 g/mol. The summed E-state index contributed by atoms with van der Waals surface area (Å²) >= 11 is 0. The molecule has 6 nitrogen and oxygen atoms in total. The smallest absolute Gasteiger partial charge is 0.213 e. The Kier molecular flexibility index (Phi) is 4.89. The van der Waals surface area contributed by atoms with Crippen molar-refractivity contribution < 1.29 is 17.9 Å². The molecule has 0 aliphatic carbocycles. The van der Waals surface area contributed by atoms with E-state index in [-0.39, 0.29) is 17.3 Å². The van der Waals surface area contributed by atoms with Crippen LogP contribution in [0.4, 0.5) is 0 Å². The van der Waals surface area contributed by atoms with Gasteiger partial charge in [0.25, 0.3) is 0 Å². The maximum Gasteiger partial charge on any atom is 0.213 e. The Morgan fingerprint density at radius 3 is 3.13 bits per heavy atom. The SMILES string of the molecule is CCS(=O)(=O)N1CCC2OCCCC2(COc2cccnc2)C1. The largest absolute Gasteiger partial charge is 0.491 e. The second kappa shape index (κ2) is 6.75. The Morgan fingerprint density at radius 1 is 1.52 bits per heavy atom. The van der Waals surface area contributed by atoms with E-state index in [9.17, 15) is 8.42 Å². The van der Waals surface area contributed by atoms with Crippen LogP contribution in [-0.2, 0) is 14.8 Å². The summed E-state index contributed by atoms with van der Waals surface area (Å²) in [6, 6.07) is 3.70. The first-order chi connectivity index (χ1) is 11.1. The fourth-order valence-electron chi connectivity index (χ4n) is 3.54. The normalized spacial score (nSPS) is 29.0. The van der Waals surface area contributed by atoms with Gasteiger partial charge < -0.3 is 9.47 Å². The molecule has 2 saturated heterocycles. The summed E-state index contributed by atoms with van der Waals surface area (Å²) in [6.07, 6.45) is 6.04. The van der Waals surface area contributed by atoms with Crippen LogP contribution in [0.5, 0.6) is 5.75 Å². The first-order valence-electron chi connectivity index (χ1n) is 8.18. The quantitative estimate of drug-likeness (QED) is 0.816. The molecule has 2 aliphatic rings. The lowest BCUT2D eigenvalue weighted by atomic mass is 9.73. The Balaban J connectivity index is 1.78. The van der Waals surface area contributed by atoms with Gasteiger partial charge in [-0.15, -0.1) is 0 Å². The predicted molar refractivity (Wildman–Crippen MR) is 86.8 cm³/mol. The molecule has 23 heavy (non-hydrogen) atoms. The van der Waals surface area contributed by atoms with Crippen LogP contribution in [0.2, 0.25) is 0 Å². The lowest BCUT2D eigenvalue weighted by Gasteiger charge is -2.49. The fraction of sp³-hybridized carbons (Fsp3) is 0.688. The number of fused-ring (bicyclic) bond motifs is 1. The molecule has 7 heteroatoms. The summed E-state index contributed by atoms with van der Waals surface area (Å²) in [5, 5.41) is 0. The Hall–Kier alpha value is -1.18. The molecule has 3 heterocycles. The van der Waals surface area contributed by atoms with Gasteiger partial charge in [-0.3, -0.25) is 4.98 Å². The Morgan fingerprint density at radius 2 is 2.39 bits per heavy atom. The summed E-state index contributed by atoms with van der Waals surface area (Å²) in [4.78, 5) is 4.06. The van der Waals surface area contributed by atoms with Gasteiger partial charge in [0.2, 0.25) is 10.0 Å². The molecule has 0 saturated carbocycles. The molecule has 3 rings (SSSR count). The predicted octanol–water partition coefficient (Wildman–Crippen LogP) is 1.68. The van der Waals surface area contributed by atoms with Crippen LogP contribution >= 0.6 is 0 Å². The molecule has 0 N–H and O–H groups in total. The zero-order chi connectivity index (χ0) is 16.3. The molecule has 1 aromatic rings. The Bertz CT molecular complexity index is 622. The van der Waals surface area contributed by atoms with Gasteiger partial charge in [0, 0.05) is 31.3 Å². The Labute approximate surface area is 137 Å².